The fourth-order valence-corrected chi connectivity index (χ4v) is 3.78. The standard InChI is InChI=1S/C11H11P/c1-2-6-10-8(4-1)9-5-3-7-11(9)12-10/h1-2,4,6,12H,3,5,7H2. The van der Waals surface area contributed by atoms with Gasteiger partial charge in [-0.3, -0.25) is 0 Å². The summed E-state index contributed by atoms with van der Waals surface area (Å²) < 4.78 is 0. The third-order valence-corrected chi connectivity index (χ3v) is 4.31. The minimum atomic E-state index is 0.993. The zero-order valence-electron chi connectivity index (χ0n) is 6.93. The molecule has 0 N–H and O–H groups in total. The fourth-order valence-electron chi connectivity index (χ4n) is 2.20. The molecule has 0 fully saturated rings. The average Bonchev–Trinajstić information content (AvgIpc) is 2.62. The lowest BCUT2D eigenvalue weighted by atomic mass is 10.1. The topological polar surface area (TPSA) is 0 Å². The summed E-state index contributed by atoms with van der Waals surface area (Å²) in [5, 5.41) is 4.89. The zero-order valence-corrected chi connectivity index (χ0v) is 7.93. The second-order valence-electron chi connectivity index (χ2n) is 3.48. The summed E-state index contributed by atoms with van der Waals surface area (Å²) in [5.74, 6) is 0. The first-order chi connectivity index (χ1) is 5.95. The van der Waals surface area contributed by atoms with Crippen LogP contribution in [0.3, 0.4) is 0 Å². The van der Waals surface area contributed by atoms with Gasteiger partial charge in [0.15, 0.2) is 0 Å². The van der Waals surface area contributed by atoms with Crippen LogP contribution in [0.1, 0.15) is 17.3 Å². The highest BCUT2D eigenvalue weighted by Gasteiger charge is 2.14. The minimum Gasteiger partial charge on any atom is -0.128 e. The molecule has 0 bridgehead atoms. The summed E-state index contributed by atoms with van der Waals surface area (Å²) in [4.78, 5) is 0. The molecule has 0 nitrogen and oxygen atoms in total. The second kappa shape index (κ2) is 2.37. The molecular formula is C11H11P. The van der Waals surface area contributed by atoms with Crippen molar-refractivity contribution in [3.63, 3.8) is 0 Å². The summed E-state index contributed by atoms with van der Waals surface area (Å²) in [6.07, 6.45) is 4.09. The predicted molar refractivity (Wildman–Crippen MR) is 55.5 cm³/mol. The van der Waals surface area contributed by atoms with Crippen molar-refractivity contribution in [3.05, 3.63) is 35.1 Å². The predicted octanol–water partition coefficient (Wildman–Crippen LogP) is 3.36. The quantitative estimate of drug-likeness (QED) is 0.574. The Morgan fingerprint density at radius 2 is 2.00 bits per heavy atom. The van der Waals surface area contributed by atoms with E-state index in [9.17, 15) is 0 Å². The molecule has 0 amide bonds. The Labute approximate surface area is 73.7 Å². The van der Waals surface area contributed by atoms with Crippen LogP contribution in [-0.2, 0) is 12.8 Å². The van der Waals surface area contributed by atoms with Crippen molar-refractivity contribution < 1.29 is 0 Å². The first kappa shape index (κ1) is 6.74. The van der Waals surface area contributed by atoms with Gasteiger partial charge in [-0.25, -0.2) is 0 Å². The molecule has 1 heteroatoms. The molecule has 1 aromatic carbocycles. The SMILES string of the molecule is c1ccc2c3c([pH]c2c1)CCC3. The van der Waals surface area contributed by atoms with Crippen molar-refractivity contribution >= 4 is 18.7 Å². The van der Waals surface area contributed by atoms with Gasteiger partial charge in [-0.2, -0.15) is 0 Å². The molecule has 60 valence electrons. The summed E-state index contributed by atoms with van der Waals surface area (Å²) in [6.45, 7) is 0. The van der Waals surface area contributed by atoms with Crippen molar-refractivity contribution in [2.45, 2.75) is 19.3 Å². The van der Waals surface area contributed by atoms with Crippen molar-refractivity contribution in [2.24, 2.45) is 0 Å². The third-order valence-electron chi connectivity index (χ3n) is 2.76. The Bertz CT molecular complexity index is 425. The maximum Gasteiger partial charge on any atom is -0.00127 e. The van der Waals surface area contributed by atoms with Gasteiger partial charge in [0.1, 0.15) is 0 Å². The summed E-state index contributed by atoms with van der Waals surface area (Å²) in [5.41, 5.74) is 1.68. The van der Waals surface area contributed by atoms with E-state index in [-0.39, 0.29) is 0 Å². The van der Waals surface area contributed by atoms with E-state index in [4.69, 9.17) is 0 Å². The van der Waals surface area contributed by atoms with Crippen LogP contribution < -0.4 is 0 Å². The van der Waals surface area contributed by atoms with Crippen LogP contribution >= 0.6 is 8.19 Å². The van der Waals surface area contributed by atoms with Gasteiger partial charge in [0.2, 0.25) is 0 Å². The van der Waals surface area contributed by atoms with E-state index in [1.54, 1.807) is 21.4 Å². The van der Waals surface area contributed by atoms with Crippen molar-refractivity contribution in [1.29, 1.82) is 0 Å². The molecule has 0 saturated carbocycles. The number of hydrogen-bond acceptors (Lipinski definition) is 0. The van der Waals surface area contributed by atoms with Crippen LogP contribution in [-0.4, -0.2) is 0 Å². The Morgan fingerprint density at radius 3 is 3.00 bits per heavy atom. The van der Waals surface area contributed by atoms with Gasteiger partial charge in [-0.05, 0) is 40.6 Å². The Kier molecular flexibility index (Phi) is 1.33. The molecule has 0 aliphatic heterocycles. The second-order valence-corrected chi connectivity index (χ2v) is 4.87. The van der Waals surface area contributed by atoms with Crippen LogP contribution in [0.5, 0.6) is 0 Å². The van der Waals surface area contributed by atoms with E-state index in [1.807, 2.05) is 0 Å². The number of fused-ring (bicyclic) bond motifs is 3. The lowest BCUT2D eigenvalue weighted by molar-refractivity contribution is 0.917. The average molecular weight is 174 g/mol. The highest BCUT2D eigenvalue weighted by atomic mass is 31.0. The van der Waals surface area contributed by atoms with E-state index in [2.05, 4.69) is 24.3 Å². The van der Waals surface area contributed by atoms with Crippen LogP contribution in [0.25, 0.3) is 10.5 Å². The molecule has 1 aliphatic carbocycles. The molecule has 1 heterocycles. The molecule has 3 rings (SSSR count). The maximum absolute atomic E-state index is 2.29. The first-order valence-electron chi connectivity index (χ1n) is 4.53. The highest BCUT2D eigenvalue weighted by molar-refractivity contribution is 7.38. The molecule has 1 atom stereocenters. The number of benzene rings is 1. The lowest BCUT2D eigenvalue weighted by Crippen LogP contribution is -1.73. The molecule has 1 aromatic heterocycles. The smallest absolute Gasteiger partial charge is 0.00127 e. The number of aryl methyl sites for hydroxylation is 2. The van der Waals surface area contributed by atoms with Crippen molar-refractivity contribution in [2.75, 3.05) is 0 Å². The van der Waals surface area contributed by atoms with E-state index in [0.717, 1.165) is 8.19 Å². The number of hydrogen-bond donors (Lipinski definition) is 0. The van der Waals surface area contributed by atoms with Crippen LogP contribution in [0, 0.1) is 0 Å². The molecule has 1 aliphatic rings. The van der Waals surface area contributed by atoms with Gasteiger partial charge in [-0.15, -0.1) is 8.19 Å². The fraction of sp³-hybridized carbons (Fsp3) is 0.273. The molecule has 0 radical (unpaired) electrons. The minimum absolute atomic E-state index is 0.993. The summed E-state index contributed by atoms with van der Waals surface area (Å²) in [6, 6.07) is 8.90. The molecule has 2 aromatic rings. The van der Waals surface area contributed by atoms with Gasteiger partial charge in [-0.1, -0.05) is 24.3 Å². The van der Waals surface area contributed by atoms with Crippen molar-refractivity contribution in [1.82, 2.24) is 0 Å². The first-order valence-corrected chi connectivity index (χ1v) is 5.53. The van der Waals surface area contributed by atoms with Gasteiger partial charge in [0, 0.05) is 0 Å². The molecular weight excluding hydrogens is 163 g/mol. The van der Waals surface area contributed by atoms with E-state index >= 15 is 0 Å². The Balaban J connectivity index is 2.44. The normalized spacial score (nSPS) is 16.0. The lowest BCUT2D eigenvalue weighted by Gasteiger charge is -1.91. The number of rotatable bonds is 0. The van der Waals surface area contributed by atoms with E-state index in [0.29, 0.717) is 0 Å². The zero-order chi connectivity index (χ0) is 7.97. The summed E-state index contributed by atoms with van der Waals surface area (Å²) in [7, 11) is 0.993. The van der Waals surface area contributed by atoms with E-state index < -0.39 is 0 Å². The Morgan fingerprint density at radius 1 is 1.08 bits per heavy atom. The van der Waals surface area contributed by atoms with Crippen LogP contribution in [0.2, 0.25) is 0 Å². The van der Waals surface area contributed by atoms with E-state index in [1.165, 1.54) is 19.3 Å². The van der Waals surface area contributed by atoms with Crippen LogP contribution in [0.15, 0.2) is 24.3 Å². The largest absolute Gasteiger partial charge is 0.128 e. The third kappa shape index (κ3) is 0.791. The molecule has 0 saturated heterocycles. The van der Waals surface area contributed by atoms with Gasteiger partial charge < -0.3 is 0 Å². The van der Waals surface area contributed by atoms with Crippen molar-refractivity contribution in [3.8, 4) is 0 Å². The summed E-state index contributed by atoms with van der Waals surface area (Å²) >= 11 is 0. The van der Waals surface area contributed by atoms with Gasteiger partial charge in [0.25, 0.3) is 0 Å². The monoisotopic (exact) mass is 174 g/mol. The molecule has 12 heavy (non-hydrogen) atoms. The maximum atomic E-state index is 2.29. The molecule has 1 unspecified atom stereocenters. The highest BCUT2D eigenvalue weighted by Crippen LogP contribution is 2.40. The Hall–Kier alpha value is -0.740. The van der Waals surface area contributed by atoms with Crippen LogP contribution in [0.4, 0.5) is 0 Å². The van der Waals surface area contributed by atoms with Gasteiger partial charge in [0.05, 0.1) is 0 Å². The molecule has 0 spiro atoms. The van der Waals surface area contributed by atoms with Gasteiger partial charge >= 0.3 is 0 Å².